The molecule has 0 radical (unpaired) electrons. The lowest BCUT2D eigenvalue weighted by Gasteiger charge is -2.19. The number of rotatable bonds is 7. The minimum Gasteiger partial charge on any atom is -0.329 e. The molecule has 0 saturated carbocycles. The molecular weight excluding hydrogens is 260 g/mol. The Bertz CT molecular complexity index is 498. The third kappa shape index (κ3) is 4.93. The summed E-state index contributed by atoms with van der Waals surface area (Å²) in [5.74, 6) is 0.401. The highest BCUT2D eigenvalue weighted by Gasteiger charge is 2.20. The Morgan fingerprint density at radius 1 is 1.32 bits per heavy atom. The van der Waals surface area contributed by atoms with Crippen molar-refractivity contribution in [2.75, 3.05) is 6.54 Å². The number of aryl methyl sites for hydroxylation is 1. The predicted octanol–water partition coefficient (Wildman–Crippen LogP) is 1.90. The van der Waals surface area contributed by atoms with Crippen LogP contribution in [0.2, 0.25) is 0 Å². The second kappa shape index (κ2) is 7.03. The lowest BCUT2D eigenvalue weighted by Crippen LogP contribution is -2.40. The third-order valence-electron chi connectivity index (χ3n) is 2.98. The van der Waals surface area contributed by atoms with Crippen molar-refractivity contribution in [2.24, 2.45) is 11.7 Å². The maximum atomic E-state index is 12.3. The molecule has 0 amide bonds. The number of nitrogens with one attached hydrogen (secondary N) is 1. The standard InChI is InChI=1S/C14H24N2O2S/c1-4-12-6-5-7-14(9-12)19(17,18)16-13(10-15)8-11(2)3/h5-7,9,11,13,16H,4,8,10,15H2,1-3H3. The second-order valence-corrected chi connectivity index (χ2v) is 6.90. The zero-order valence-corrected chi connectivity index (χ0v) is 12.7. The molecule has 0 aliphatic heterocycles. The summed E-state index contributed by atoms with van der Waals surface area (Å²) in [5, 5.41) is 0. The number of hydrogen-bond donors (Lipinski definition) is 2. The predicted molar refractivity (Wildman–Crippen MR) is 78.4 cm³/mol. The zero-order chi connectivity index (χ0) is 14.5. The Morgan fingerprint density at radius 2 is 2.00 bits per heavy atom. The van der Waals surface area contributed by atoms with Crippen molar-refractivity contribution < 1.29 is 8.42 Å². The molecule has 3 N–H and O–H groups in total. The maximum Gasteiger partial charge on any atom is 0.240 e. The first-order chi connectivity index (χ1) is 8.89. The van der Waals surface area contributed by atoms with Crippen LogP contribution in [0.1, 0.15) is 32.8 Å². The van der Waals surface area contributed by atoms with Crippen LogP contribution in [0.3, 0.4) is 0 Å². The molecule has 1 rings (SSSR count). The van der Waals surface area contributed by atoms with E-state index in [0.717, 1.165) is 18.4 Å². The van der Waals surface area contributed by atoms with Crippen molar-refractivity contribution in [3.05, 3.63) is 29.8 Å². The quantitative estimate of drug-likeness (QED) is 0.803. The summed E-state index contributed by atoms with van der Waals surface area (Å²) in [6, 6.07) is 6.81. The highest BCUT2D eigenvalue weighted by Crippen LogP contribution is 2.14. The van der Waals surface area contributed by atoms with E-state index >= 15 is 0 Å². The van der Waals surface area contributed by atoms with Gasteiger partial charge in [-0.1, -0.05) is 32.9 Å². The van der Waals surface area contributed by atoms with Crippen LogP contribution in [0, 0.1) is 5.92 Å². The monoisotopic (exact) mass is 284 g/mol. The Morgan fingerprint density at radius 3 is 2.53 bits per heavy atom. The summed E-state index contributed by atoms with van der Waals surface area (Å²) in [6.45, 7) is 6.41. The third-order valence-corrected chi connectivity index (χ3v) is 4.50. The van der Waals surface area contributed by atoms with Gasteiger partial charge in [0, 0.05) is 12.6 Å². The molecule has 4 nitrogen and oxygen atoms in total. The van der Waals surface area contributed by atoms with Crippen LogP contribution in [-0.4, -0.2) is 21.0 Å². The highest BCUT2D eigenvalue weighted by molar-refractivity contribution is 7.89. The van der Waals surface area contributed by atoms with Gasteiger partial charge >= 0.3 is 0 Å². The van der Waals surface area contributed by atoms with Crippen LogP contribution in [0.4, 0.5) is 0 Å². The van der Waals surface area contributed by atoms with E-state index in [-0.39, 0.29) is 6.04 Å². The van der Waals surface area contributed by atoms with Gasteiger partial charge in [-0.2, -0.15) is 0 Å². The van der Waals surface area contributed by atoms with E-state index in [1.165, 1.54) is 0 Å². The van der Waals surface area contributed by atoms with Gasteiger partial charge in [0.15, 0.2) is 0 Å². The molecule has 5 heteroatoms. The maximum absolute atomic E-state index is 12.3. The van der Waals surface area contributed by atoms with Crippen LogP contribution in [0.5, 0.6) is 0 Å². The Hall–Kier alpha value is -0.910. The fraction of sp³-hybridized carbons (Fsp3) is 0.571. The van der Waals surface area contributed by atoms with E-state index < -0.39 is 10.0 Å². The number of sulfonamides is 1. The van der Waals surface area contributed by atoms with E-state index in [0.29, 0.717) is 17.4 Å². The summed E-state index contributed by atoms with van der Waals surface area (Å²) in [7, 11) is -3.48. The molecular formula is C14H24N2O2S. The van der Waals surface area contributed by atoms with E-state index in [1.54, 1.807) is 18.2 Å². The molecule has 0 saturated heterocycles. The molecule has 0 aliphatic rings. The van der Waals surface area contributed by atoms with Crippen molar-refractivity contribution in [3.63, 3.8) is 0 Å². The zero-order valence-electron chi connectivity index (χ0n) is 11.9. The summed E-state index contributed by atoms with van der Waals surface area (Å²) >= 11 is 0. The van der Waals surface area contributed by atoms with Crippen molar-refractivity contribution in [2.45, 2.75) is 44.6 Å². The Kier molecular flexibility index (Phi) is 5.97. The van der Waals surface area contributed by atoms with Gasteiger partial charge in [0.25, 0.3) is 0 Å². The van der Waals surface area contributed by atoms with E-state index in [4.69, 9.17) is 5.73 Å². The molecule has 1 unspecified atom stereocenters. The van der Waals surface area contributed by atoms with Crippen molar-refractivity contribution in [1.82, 2.24) is 4.72 Å². The van der Waals surface area contributed by atoms with Crippen LogP contribution < -0.4 is 10.5 Å². The summed E-state index contributed by atoms with van der Waals surface area (Å²) in [5.41, 5.74) is 6.65. The summed E-state index contributed by atoms with van der Waals surface area (Å²) < 4.78 is 27.3. The largest absolute Gasteiger partial charge is 0.329 e. The molecule has 0 heterocycles. The van der Waals surface area contributed by atoms with Crippen molar-refractivity contribution in [1.29, 1.82) is 0 Å². The second-order valence-electron chi connectivity index (χ2n) is 5.18. The molecule has 0 aliphatic carbocycles. The summed E-state index contributed by atoms with van der Waals surface area (Å²) in [6.07, 6.45) is 1.55. The van der Waals surface area contributed by atoms with Gasteiger partial charge in [0.1, 0.15) is 0 Å². The molecule has 0 fully saturated rings. The van der Waals surface area contributed by atoms with Crippen molar-refractivity contribution in [3.8, 4) is 0 Å². The fourth-order valence-electron chi connectivity index (χ4n) is 1.98. The molecule has 0 spiro atoms. The first-order valence-electron chi connectivity index (χ1n) is 6.70. The van der Waals surface area contributed by atoms with E-state index in [9.17, 15) is 8.42 Å². The average Bonchev–Trinajstić information content (AvgIpc) is 2.37. The lowest BCUT2D eigenvalue weighted by molar-refractivity contribution is 0.465. The van der Waals surface area contributed by atoms with E-state index in [2.05, 4.69) is 18.6 Å². The molecule has 1 aromatic rings. The molecule has 1 atom stereocenters. The number of nitrogens with two attached hydrogens (primary N) is 1. The Balaban J connectivity index is 2.90. The minimum absolute atomic E-state index is 0.213. The molecule has 1 aromatic carbocycles. The van der Waals surface area contributed by atoms with Gasteiger partial charge in [0.2, 0.25) is 10.0 Å². The van der Waals surface area contributed by atoms with Gasteiger partial charge in [0.05, 0.1) is 4.90 Å². The van der Waals surface area contributed by atoms with Gasteiger partial charge < -0.3 is 5.73 Å². The number of benzene rings is 1. The normalized spacial score (nSPS) is 13.7. The van der Waals surface area contributed by atoms with Gasteiger partial charge in [-0.25, -0.2) is 13.1 Å². The fourth-order valence-corrected chi connectivity index (χ4v) is 3.31. The first kappa shape index (κ1) is 16.1. The van der Waals surface area contributed by atoms with Gasteiger partial charge in [-0.3, -0.25) is 0 Å². The topological polar surface area (TPSA) is 72.2 Å². The average molecular weight is 284 g/mol. The van der Waals surface area contributed by atoms with E-state index in [1.807, 2.05) is 13.0 Å². The Labute approximate surface area is 116 Å². The lowest BCUT2D eigenvalue weighted by atomic mass is 10.1. The SMILES string of the molecule is CCc1cccc(S(=O)(=O)NC(CN)CC(C)C)c1. The smallest absolute Gasteiger partial charge is 0.240 e. The van der Waals surface area contributed by atoms with Crippen LogP contribution in [0.15, 0.2) is 29.2 Å². The molecule has 0 aromatic heterocycles. The van der Waals surface area contributed by atoms with Crippen LogP contribution in [0.25, 0.3) is 0 Å². The molecule has 19 heavy (non-hydrogen) atoms. The van der Waals surface area contributed by atoms with Crippen LogP contribution in [-0.2, 0) is 16.4 Å². The first-order valence-corrected chi connectivity index (χ1v) is 8.18. The van der Waals surface area contributed by atoms with Crippen molar-refractivity contribution >= 4 is 10.0 Å². The highest BCUT2D eigenvalue weighted by atomic mass is 32.2. The number of hydrogen-bond acceptors (Lipinski definition) is 3. The van der Waals surface area contributed by atoms with Crippen LogP contribution >= 0.6 is 0 Å². The molecule has 0 bridgehead atoms. The minimum atomic E-state index is -3.48. The van der Waals surface area contributed by atoms with Gasteiger partial charge in [-0.05, 0) is 36.5 Å². The summed E-state index contributed by atoms with van der Waals surface area (Å²) in [4.78, 5) is 0.314. The molecule has 108 valence electrons. The van der Waals surface area contributed by atoms with Gasteiger partial charge in [-0.15, -0.1) is 0 Å².